The molecular formula is C19H45N3. The molecule has 22 heavy (non-hydrogen) atoms. The Morgan fingerprint density at radius 1 is 0.682 bits per heavy atom. The van der Waals surface area contributed by atoms with Crippen LogP contribution in [0.3, 0.4) is 0 Å². The van der Waals surface area contributed by atoms with Gasteiger partial charge in [-0.2, -0.15) is 0 Å². The van der Waals surface area contributed by atoms with Crippen LogP contribution in [-0.2, 0) is 0 Å². The molecular weight excluding hydrogens is 270 g/mol. The Bertz CT molecular complexity index is 193. The molecule has 0 atom stereocenters. The van der Waals surface area contributed by atoms with Crippen LogP contribution in [0.1, 0.15) is 61.3 Å². The lowest BCUT2D eigenvalue weighted by Crippen LogP contribution is -2.47. The monoisotopic (exact) mass is 315 g/mol. The van der Waals surface area contributed by atoms with E-state index in [1.807, 2.05) is 41.5 Å². The minimum Gasteiger partial charge on any atom is -0.304 e. The Balaban J connectivity index is 0. The minimum absolute atomic E-state index is 0.964. The van der Waals surface area contributed by atoms with Crippen molar-refractivity contribution in [3.63, 3.8) is 0 Å². The van der Waals surface area contributed by atoms with E-state index in [9.17, 15) is 0 Å². The van der Waals surface area contributed by atoms with Crippen LogP contribution >= 0.6 is 0 Å². The van der Waals surface area contributed by atoms with Crippen LogP contribution in [0.15, 0.2) is 0 Å². The maximum absolute atomic E-state index is 2.67. The number of piperazine rings is 1. The van der Waals surface area contributed by atoms with Gasteiger partial charge in [0.25, 0.3) is 0 Å². The van der Waals surface area contributed by atoms with Crippen LogP contribution < -0.4 is 0 Å². The predicted molar refractivity (Wildman–Crippen MR) is 103 cm³/mol. The van der Waals surface area contributed by atoms with Crippen molar-refractivity contribution in [1.82, 2.24) is 14.7 Å². The summed E-state index contributed by atoms with van der Waals surface area (Å²) in [6.45, 7) is 24.6. The van der Waals surface area contributed by atoms with Crippen molar-refractivity contribution in [3.8, 4) is 0 Å². The molecule has 0 aliphatic carbocycles. The van der Waals surface area contributed by atoms with Gasteiger partial charge in [-0.05, 0) is 45.4 Å². The van der Waals surface area contributed by atoms with Crippen molar-refractivity contribution in [2.75, 3.05) is 59.4 Å². The smallest absolute Gasteiger partial charge is 0.0110 e. The van der Waals surface area contributed by atoms with Crippen molar-refractivity contribution in [3.05, 3.63) is 0 Å². The van der Waals surface area contributed by atoms with Gasteiger partial charge in [-0.1, -0.05) is 48.5 Å². The molecule has 0 aromatic rings. The number of rotatable bonds is 3. The highest BCUT2D eigenvalue weighted by molar-refractivity contribution is 4.77. The second kappa shape index (κ2) is 17.2. The molecule has 0 aromatic heterocycles. The van der Waals surface area contributed by atoms with E-state index >= 15 is 0 Å². The van der Waals surface area contributed by atoms with Crippen molar-refractivity contribution < 1.29 is 0 Å². The van der Waals surface area contributed by atoms with Crippen molar-refractivity contribution in [1.29, 1.82) is 0 Å². The second-order valence-electron chi connectivity index (χ2n) is 5.48. The Morgan fingerprint density at radius 2 is 1.14 bits per heavy atom. The highest BCUT2D eigenvalue weighted by atomic mass is 15.2. The zero-order chi connectivity index (χ0) is 17.4. The Labute approximate surface area is 142 Å². The highest BCUT2D eigenvalue weighted by Crippen LogP contribution is 2.18. The first kappa shape index (κ1) is 24.1. The summed E-state index contributed by atoms with van der Waals surface area (Å²) in [4.78, 5) is 7.70. The van der Waals surface area contributed by atoms with Crippen LogP contribution in [-0.4, -0.2) is 74.1 Å². The van der Waals surface area contributed by atoms with Crippen LogP contribution in [0, 0.1) is 5.92 Å². The maximum atomic E-state index is 2.67. The quantitative estimate of drug-likeness (QED) is 0.778. The van der Waals surface area contributed by atoms with E-state index in [1.165, 1.54) is 65.2 Å². The molecule has 0 amide bonds. The molecule has 2 rings (SSSR count). The molecule has 2 fully saturated rings. The standard InChI is InChI=1S/C13H27N3.3C2H6/c1-3-15-6-4-13(5-7-15)12-16-10-8-14(2)9-11-16;3*1-2/h13H,3-12H2,1-2H3;3*1-2H3. The molecule has 2 heterocycles. The van der Waals surface area contributed by atoms with Crippen LogP contribution in [0.4, 0.5) is 0 Å². The summed E-state index contributed by atoms with van der Waals surface area (Å²) in [6, 6.07) is 0. The molecule has 0 saturated carbocycles. The number of likely N-dealkylation sites (tertiary alicyclic amines) is 1. The molecule has 0 unspecified atom stereocenters. The Morgan fingerprint density at radius 3 is 1.55 bits per heavy atom. The summed E-state index contributed by atoms with van der Waals surface area (Å²) in [5, 5.41) is 0. The topological polar surface area (TPSA) is 9.72 Å². The number of likely N-dealkylation sites (N-methyl/N-ethyl adjacent to an activating group) is 1. The lowest BCUT2D eigenvalue weighted by molar-refractivity contribution is 0.107. The van der Waals surface area contributed by atoms with Crippen LogP contribution in [0.5, 0.6) is 0 Å². The molecule has 2 aliphatic rings. The van der Waals surface area contributed by atoms with Gasteiger partial charge in [0.1, 0.15) is 0 Å². The zero-order valence-electron chi connectivity index (χ0n) is 17.0. The van der Waals surface area contributed by atoms with Gasteiger partial charge in [0, 0.05) is 32.7 Å². The van der Waals surface area contributed by atoms with Gasteiger partial charge < -0.3 is 14.7 Å². The Kier molecular flexibility index (Phi) is 18.9. The van der Waals surface area contributed by atoms with E-state index in [2.05, 4.69) is 28.7 Å². The van der Waals surface area contributed by atoms with E-state index in [1.54, 1.807) is 0 Å². The number of hydrogen-bond acceptors (Lipinski definition) is 3. The van der Waals surface area contributed by atoms with Crippen molar-refractivity contribution in [2.24, 2.45) is 5.92 Å². The Hall–Kier alpha value is -0.120. The van der Waals surface area contributed by atoms with Gasteiger partial charge in [-0.25, -0.2) is 0 Å². The van der Waals surface area contributed by atoms with Gasteiger partial charge in [-0.3, -0.25) is 0 Å². The van der Waals surface area contributed by atoms with Crippen LogP contribution in [0.25, 0.3) is 0 Å². The van der Waals surface area contributed by atoms with E-state index < -0.39 is 0 Å². The SMILES string of the molecule is CC.CC.CC.CCN1CCC(CN2CCN(C)CC2)CC1. The first-order valence-electron chi connectivity index (χ1n) is 9.91. The number of hydrogen-bond donors (Lipinski definition) is 0. The van der Waals surface area contributed by atoms with E-state index in [4.69, 9.17) is 0 Å². The summed E-state index contributed by atoms with van der Waals surface area (Å²) in [5.74, 6) is 0.964. The molecule has 0 bridgehead atoms. The third kappa shape index (κ3) is 10.6. The summed E-state index contributed by atoms with van der Waals surface area (Å²) in [5.41, 5.74) is 0. The average Bonchev–Trinajstić information content (AvgIpc) is 2.63. The summed E-state index contributed by atoms with van der Waals surface area (Å²) in [6.07, 6.45) is 2.83. The van der Waals surface area contributed by atoms with Crippen molar-refractivity contribution >= 4 is 0 Å². The molecule has 0 spiro atoms. The highest BCUT2D eigenvalue weighted by Gasteiger charge is 2.22. The third-order valence-electron chi connectivity index (χ3n) is 4.27. The first-order chi connectivity index (χ1) is 10.8. The van der Waals surface area contributed by atoms with E-state index in [-0.39, 0.29) is 0 Å². The fourth-order valence-corrected chi connectivity index (χ4v) is 2.88. The molecule has 0 radical (unpaired) electrons. The molecule has 3 heteroatoms. The first-order valence-corrected chi connectivity index (χ1v) is 9.91. The van der Waals surface area contributed by atoms with Gasteiger partial charge in [0.15, 0.2) is 0 Å². The zero-order valence-corrected chi connectivity index (χ0v) is 17.0. The van der Waals surface area contributed by atoms with Gasteiger partial charge in [-0.15, -0.1) is 0 Å². The van der Waals surface area contributed by atoms with E-state index in [0.29, 0.717) is 0 Å². The summed E-state index contributed by atoms with van der Waals surface area (Å²) >= 11 is 0. The molecule has 0 N–H and O–H groups in total. The molecule has 0 aromatic carbocycles. The second-order valence-corrected chi connectivity index (χ2v) is 5.48. The summed E-state index contributed by atoms with van der Waals surface area (Å²) in [7, 11) is 2.23. The largest absolute Gasteiger partial charge is 0.304 e. The average molecular weight is 316 g/mol. The molecule has 3 nitrogen and oxygen atoms in total. The fraction of sp³-hybridized carbons (Fsp3) is 1.00. The van der Waals surface area contributed by atoms with Gasteiger partial charge in [0.05, 0.1) is 0 Å². The van der Waals surface area contributed by atoms with Crippen molar-refractivity contribution in [2.45, 2.75) is 61.3 Å². The van der Waals surface area contributed by atoms with Gasteiger partial charge in [0.2, 0.25) is 0 Å². The van der Waals surface area contributed by atoms with Gasteiger partial charge >= 0.3 is 0 Å². The van der Waals surface area contributed by atoms with Crippen LogP contribution in [0.2, 0.25) is 0 Å². The number of piperidine rings is 1. The minimum atomic E-state index is 0.964. The lowest BCUT2D eigenvalue weighted by atomic mass is 9.96. The predicted octanol–water partition coefficient (Wildman–Crippen LogP) is 4.04. The summed E-state index contributed by atoms with van der Waals surface area (Å²) < 4.78 is 0. The molecule has 2 aliphatic heterocycles. The maximum Gasteiger partial charge on any atom is 0.0110 e. The fourth-order valence-electron chi connectivity index (χ4n) is 2.88. The number of nitrogens with zero attached hydrogens (tertiary/aromatic N) is 3. The molecule has 136 valence electrons. The third-order valence-corrected chi connectivity index (χ3v) is 4.27. The normalized spacial score (nSPS) is 20.7. The van der Waals surface area contributed by atoms with E-state index in [0.717, 1.165) is 5.92 Å². The molecule has 2 saturated heterocycles. The lowest BCUT2D eigenvalue weighted by Gasteiger charge is -2.37.